The highest BCUT2D eigenvalue weighted by atomic mass is 16.5. The highest BCUT2D eigenvalue weighted by Gasteiger charge is 2.40. The largest absolute Gasteiger partial charge is 0.367 e. The summed E-state index contributed by atoms with van der Waals surface area (Å²) in [5, 5.41) is 7.26. The molecule has 108 valence electrons. The maximum absolute atomic E-state index is 6.02. The van der Waals surface area contributed by atoms with Gasteiger partial charge in [0.15, 0.2) is 0 Å². The number of nitrogens with one attached hydrogen (secondary N) is 1. The molecule has 1 aliphatic carbocycles. The van der Waals surface area contributed by atoms with Gasteiger partial charge in [-0.1, -0.05) is 12.1 Å². The van der Waals surface area contributed by atoms with Gasteiger partial charge in [-0.05, 0) is 45.6 Å². The molecule has 1 saturated carbocycles. The minimum Gasteiger partial charge on any atom is -0.367 e. The fraction of sp³-hybridized carbons (Fsp3) is 0.857. The van der Waals surface area contributed by atoms with Crippen molar-refractivity contribution in [3.05, 3.63) is 11.7 Å². The Morgan fingerprint density at radius 1 is 1.42 bits per heavy atom. The second kappa shape index (κ2) is 6.48. The molecule has 5 nitrogen and oxygen atoms in total. The Hall–Kier alpha value is -0.940. The maximum atomic E-state index is 6.02. The summed E-state index contributed by atoms with van der Waals surface area (Å²) in [5.41, 5.74) is -0.317. The number of likely N-dealkylation sites (N-methyl/N-ethyl adjacent to an activating group) is 1. The molecule has 1 aliphatic rings. The van der Waals surface area contributed by atoms with Crippen LogP contribution in [0.2, 0.25) is 0 Å². The molecule has 1 N–H and O–H groups in total. The van der Waals surface area contributed by atoms with Crippen molar-refractivity contribution in [2.45, 2.75) is 51.6 Å². The Kier molecular flexibility index (Phi) is 4.93. The first kappa shape index (κ1) is 14.5. The van der Waals surface area contributed by atoms with Gasteiger partial charge < -0.3 is 14.6 Å². The first-order valence-electron chi connectivity index (χ1n) is 7.32. The molecule has 1 fully saturated rings. The van der Waals surface area contributed by atoms with E-state index in [4.69, 9.17) is 9.26 Å². The van der Waals surface area contributed by atoms with E-state index < -0.39 is 0 Å². The summed E-state index contributed by atoms with van der Waals surface area (Å²) in [6.07, 6.45) is 5.09. The van der Waals surface area contributed by atoms with E-state index in [1.54, 1.807) is 0 Å². The molecule has 1 heterocycles. The molecule has 2 rings (SSSR count). The highest BCUT2D eigenvalue weighted by molar-refractivity contribution is 5.04. The number of hydrogen-bond acceptors (Lipinski definition) is 5. The van der Waals surface area contributed by atoms with Gasteiger partial charge in [-0.3, -0.25) is 0 Å². The summed E-state index contributed by atoms with van der Waals surface area (Å²) in [6.45, 7) is 5.86. The average Bonchev–Trinajstić information content (AvgIpc) is 2.89. The second-order valence-corrected chi connectivity index (χ2v) is 5.48. The Balaban J connectivity index is 2.12. The molecule has 0 spiro atoms. The summed E-state index contributed by atoms with van der Waals surface area (Å²) in [4.78, 5) is 4.54. The standard InChI is InChI=1S/C14H25N3O2/c1-4-18-14(8-5-11(2)6-9-14)13-16-12(19-17-13)7-10-15-3/h11,15H,4-10H2,1-3H3. The fourth-order valence-corrected chi connectivity index (χ4v) is 2.71. The van der Waals surface area contributed by atoms with Crippen molar-refractivity contribution in [2.75, 3.05) is 20.2 Å². The Morgan fingerprint density at radius 3 is 2.79 bits per heavy atom. The third-order valence-corrected chi connectivity index (χ3v) is 3.97. The lowest BCUT2D eigenvalue weighted by atomic mass is 9.79. The van der Waals surface area contributed by atoms with Crippen LogP contribution in [0.3, 0.4) is 0 Å². The van der Waals surface area contributed by atoms with Crippen LogP contribution in [-0.2, 0) is 16.8 Å². The van der Waals surface area contributed by atoms with Crippen molar-refractivity contribution >= 4 is 0 Å². The predicted octanol–water partition coefficient (Wildman–Crippen LogP) is 2.27. The molecule has 0 unspecified atom stereocenters. The quantitative estimate of drug-likeness (QED) is 0.856. The summed E-state index contributed by atoms with van der Waals surface area (Å²) in [6, 6.07) is 0. The molecular weight excluding hydrogens is 242 g/mol. The van der Waals surface area contributed by atoms with Crippen LogP contribution in [0.1, 0.15) is 51.2 Å². The van der Waals surface area contributed by atoms with Crippen molar-refractivity contribution in [3.63, 3.8) is 0 Å². The lowest BCUT2D eigenvalue weighted by Gasteiger charge is -2.36. The van der Waals surface area contributed by atoms with Gasteiger partial charge in [-0.25, -0.2) is 0 Å². The molecule has 5 heteroatoms. The Bertz CT molecular complexity index is 384. The highest BCUT2D eigenvalue weighted by Crippen LogP contribution is 2.41. The van der Waals surface area contributed by atoms with Crippen LogP contribution < -0.4 is 5.32 Å². The van der Waals surface area contributed by atoms with Gasteiger partial charge in [0.1, 0.15) is 5.60 Å². The van der Waals surface area contributed by atoms with Crippen LogP contribution in [0, 0.1) is 5.92 Å². The van der Waals surface area contributed by atoms with Gasteiger partial charge >= 0.3 is 0 Å². The predicted molar refractivity (Wildman–Crippen MR) is 72.9 cm³/mol. The molecule has 0 aromatic carbocycles. The van der Waals surface area contributed by atoms with Gasteiger partial charge in [0, 0.05) is 19.6 Å². The van der Waals surface area contributed by atoms with E-state index in [0.717, 1.165) is 37.5 Å². The van der Waals surface area contributed by atoms with Gasteiger partial charge in [-0.2, -0.15) is 4.98 Å². The zero-order valence-electron chi connectivity index (χ0n) is 12.2. The third kappa shape index (κ3) is 3.34. The maximum Gasteiger partial charge on any atom is 0.228 e. The molecule has 0 aliphatic heterocycles. The molecule has 19 heavy (non-hydrogen) atoms. The van der Waals surface area contributed by atoms with Crippen molar-refractivity contribution in [2.24, 2.45) is 5.92 Å². The van der Waals surface area contributed by atoms with Crippen molar-refractivity contribution in [3.8, 4) is 0 Å². The molecule has 1 aromatic rings. The first-order valence-corrected chi connectivity index (χ1v) is 7.32. The van der Waals surface area contributed by atoms with Gasteiger partial charge in [0.05, 0.1) is 0 Å². The van der Waals surface area contributed by atoms with E-state index in [0.29, 0.717) is 12.5 Å². The topological polar surface area (TPSA) is 60.2 Å². The monoisotopic (exact) mass is 267 g/mol. The molecule has 1 aromatic heterocycles. The van der Waals surface area contributed by atoms with Crippen LogP contribution in [0.25, 0.3) is 0 Å². The van der Waals surface area contributed by atoms with Crippen LogP contribution in [0.15, 0.2) is 4.52 Å². The molecule has 0 radical (unpaired) electrons. The van der Waals surface area contributed by atoms with Gasteiger partial charge in [0.2, 0.25) is 11.7 Å². The van der Waals surface area contributed by atoms with Crippen LogP contribution in [0.4, 0.5) is 0 Å². The molecule has 0 atom stereocenters. The van der Waals surface area contributed by atoms with Crippen molar-refractivity contribution < 1.29 is 9.26 Å². The Morgan fingerprint density at radius 2 is 2.16 bits per heavy atom. The summed E-state index contributed by atoms with van der Waals surface area (Å²) >= 11 is 0. The summed E-state index contributed by atoms with van der Waals surface area (Å²) < 4.78 is 11.4. The fourth-order valence-electron chi connectivity index (χ4n) is 2.71. The average molecular weight is 267 g/mol. The molecular formula is C14H25N3O2. The van der Waals surface area contributed by atoms with E-state index in [9.17, 15) is 0 Å². The van der Waals surface area contributed by atoms with E-state index in [-0.39, 0.29) is 5.60 Å². The van der Waals surface area contributed by atoms with Crippen LogP contribution in [-0.4, -0.2) is 30.3 Å². The van der Waals surface area contributed by atoms with E-state index in [1.807, 2.05) is 14.0 Å². The smallest absolute Gasteiger partial charge is 0.228 e. The van der Waals surface area contributed by atoms with Gasteiger partial charge in [-0.15, -0.1) is 0 Å². The minimum absolute atomic E-state index is 0.317. The third-order valence-electron chi connectivity index (χ3n) is 3.97. The van der Waals surface area contributed by atoms with E-state index in [2.05, 4.69) is 22.4 Å². The molecule has 0 saturated heterocycles. The lowest BCUT2D eigenvalue weighted by Crippen LogP contribution is -2.35. The van der Waals surface area contributed by atoms with Crippen molar-refractivity contribution in [1.29, 1.82) is 0 Å². The summed E-state index contributed by atoms with van der Waals surface area (Å²) in [7, 11) is 1.92. The summed E-state index contributed by atoms with van der Waals surface area (Å²) in [5.74, 6) is 2.21. The number of nitrogens with zero attached hydrogens (tertiary/aromatic N) is 2. The van der Waals surface area contributed by atoms with Crippen LogP contribution in [0.5, 0.6) is 0 Å². The normalized spacial score (nSPS) is 27.6. The van der Waals surface area contributed by atoms with Gasteiger partial charge in [0.25, 0.3) is 0 Å². The van der Waals surface area contributed by atoms with Crippen molar-refractivity contribution in [1.82, 2.24) is 15.5 Å². The number of hydrogen-bond donors (Lipinski definition) is 1. The van der Waals surface area contributed by atoms with E-state index >= 15 is 0 Å². The SMILES string of the molecule is CCOC1(c2noc(CCNC)n2)CCC(C)CC1. The zero-order valence-corrected chi connectivity index (χ0v) is 12.2. The lowest BCUT2D eigenvalue weighted by molar-refractivity contribution is -0.0847. The molecule has 0 bridgehead atoms. The first-order chi connectivity index (χ1) is 9.20. The zero-order chi connectivity index (χ0) is 13.7. The molecule has 0 amide bonds. The number of rotatable bonds is 6. The second-order valence-electron chi connectivity index (χ2n) is 5.48. The van der Waals surface area contributed by atoms with E-state index in [1.165, 1.54) is 12.8 Å². The van der Waals surface area contributed by atoms with Crippen LogP contribution >= 0.6 is 0 Å². The number of aromatic nitrogens is 2. The Labute approximate surface area is 115 Å². The minimum atomic E-state index is -0.317. The number of ether oxygens (including phenoxy) is 1.